The van der Waals surface area contributed by atoms with E-state index in [0.717, 1.165) is 15.8 Å². The number of rotatable bonds is 3. The Morgan fingerprint density at radius 2 is 2.38 bits per heavy atom. The van der Waals surface area contributed by atoms with Crippen molar-refractivity contribution in [1.82, 2.24) is 15.2 Å². The molecular formula is C8H7N3S2. The molecule has 0 aliphatic carbocycles. The molecule has 0 radical (unpaired) electrons. The minimum absolute atomic E-state index is 0.857. The van der Waals surface area contributed by atoms with Gasteiger partial charge >= 0.3 is 0 Å². The molecular weight excluding hydrogens is 202 g/mol. The quantitative estimate of drug-likeness (QED) is 0.727. The minimum atomic E-state index is 0.857. The third-order valence-electron chi connectivity index (χ3n) is 1.41. The molecule has 0 aliphatic rings. The lowest BCUT2D eigenvalue weighted by Gasteiger charge is -1.95. The van der Waals surface area contributed by atoms with E-state index in [4.69, 9.17) is 0 Å². The molecule has 0 N–H and O–H groups in total. The van der Waals surface area contributed by atoms with Crippen molar-refractivity contribution in [3.05, 3.63) is 35.6 Å². The van der Waals surface area contributed by atoms with Crippen LogP contribution >= 0.6 is 23.1 Å². The highest BCUT2D eigenvalue weighted by Crippen LogP contribution is 2.22. The first-order valence-electron chi connectivity index (χ1n) is 3.74. The van der Waals surface area contributed by atoms with Gasteiger partial charge in [-0.2, -0.15) is 0 Å². The summed E-state index contributed by atoms with van der Waals surface area (Å²) in [7, 11) is 0. The van der Waals surface area contributed by atoms with Crippen molar-refractivity contribution >= 4 is 23.1 Å². The maximum absolute atomic E-state index is 4.21. The molecule has 0 fully saturated rings. The van der Waals surface area contributed by atoms with Crippen molar-refractivity contribution in [2.75, 3.05) is 0 Å². The first-order chi connectivity index (χ1) is 6.45. The molecule has 3 nitrogen and oxygen atoms in total. The van der Waals surface area contributed by atoms with Gasteiger partial charge in [0.25, 0.3) is 0 Å². The van der Waals surface area contributed by atoms with Gasteiger partial charge in [0.1, 0.15) is 5.51 Å². The summed E-state index contributed by atoms with van der Waals surface area (Å²) in [4.78, 5) is 4.21. The average molecular weight is 209 g/mol. The summed E-state index contributed by atoms with van der Waals surface area (Å²) in [5.74, 6) is 0.857. The second-order valence-corrected chi connectivity index (χ2v) is 4.37. The van der Waals surface area contributed by atoms with E-state index in [-0.39, 0.29) is 0 Å². The van der Waals surface area contributed by atoms with Crippen LogP contribution in [0, 0.1) is 0 Å². The molecule has 5 heteroatoms. The van der Waals surface area contributed by atoms with Gasteiger partial charge in [-0.05, 0) is 12.1 Å². The van der Waals surface area contributed by atoms with E-state index in [0.29, 0.717) is 0 Å². The van der Waals surface area contributed by atoms with Gasteiger partial charge in [-0.3, -0.25) is 4.98 Å². The Kier molecular flexibility index (Phi) is 2.89. The molecule has 0 amide bonds. The summed E-state index contributed by atoms with van der Waals surface area (Å²) >= 11 is 3.22. The summed E-state index contributed by atoms with van der Waals surface area (Å²) in [6.07, 6.45) is 1.80. The largest absolute Gasteiger partial charge is 0.260 e. The molecule has 13 heavy (non-hydrogen) atoms. The predicted molar refractivity (Wildman–Crippen MR) is 53.7 cm³/mol. The van der Waals surface area contributed by atoms with Gasteiger partial charge in [-0.15, -0.1) is 10.2 Å². The van der Waals surface area contributed by atoms with Gasteiger partial charge in [0, 0.05) is 11.9 Å². The Hall–Kier alpha value is -0.940. The van der Waals surface area contributed by atoms with Gasteiger partial charge in [-0.1, -0.05) is 29.2 Å². The Balaban J connectivity index is 1.94. The van der Waals surface area contributed by atoms with Gasteiger partial charge in [0.15, 0.2) is 4.34 Å². The second kappa shape index (κ2) is 4.34. The Labute approximate surface area is 84.2 Å². The fourth-order valence-electron chi connectivity index (χ4n) is 0.845. The van der Waals surface area contributed by atoms with Crippen molar-refractivity contribution in [2.24, 2.45) is 0 Å². The molecule has 0 bridgehead atoms. The number of aromatic nitrogens is 3. The van der Waals surface area contributed by atoms with Crippen molar-refractivity contribution in [3.8, 4) is 0 Å². The van der Waals surface area contributed by atoms with E-state index < -0.39 is 0 Å². The lowest BCUT2D eigenvalue weighted by Crippen LogP contribution is -1.83. The van der Waals surface area contributed by atoms with Crippen LogP contribution in [-0.4, -0.2) is 15.2 Å². The molecule has 0 unspecified atom stereocenters. The van der Waals surface area contributed by atoms with E-state index in [9.17, 15) is 0 Å². The SMILES string of the molecule is c1ccc(CSc2nncs2)nc1. The molecule has 2 aromatic rings. The normalized spacial score (nSPS) is 10.2. The smallest absolute Gasteiger partial charge is 0.174 e. The Morgan fingerprint density at radius 1 is 1.38 bits per heavy atom. The summed E-state index contributed by atoms with van der Waals surface area (Å²) in [5.41, 5.74) is 2.81. The molecule has 2 rings (SSSR count). The van der Waals surface area contributed by atoms with Crippen LogP contribution in [0.5, 0.6) is 0 Å². The van der Waals surface area contributed by atoms with E-state index in [1.165, 1.54) is 0 Å². The highest BCUT2D eigenvalue weighted by molar-refractivity contribution is 8.00. The third kappa shape index (κ3) is 2.50. The molecule has 2 aromatic heterocycles. The zero-order chi connectivity index (χ0) is 8.93. The number of pyridine rings is 1. The van der Waals surface area contributed by atoms with E-state index in [1.807, 2.05) is 18.2 Å². The summed E-state index contributed by atoms with van der Waals surface area (Å²) in [5, 5.41) is 7.70. The highest BCUT2D eigenvalue weighted by atomic mass is 32.2. The second-order valence-electron chi connectivity index (χ2n) is 2.31. The zero-order valence-corrected chi connectivity index (χ0v) is 8.38. The van der Waals surface area contributed by atoms with Gasteiger partial charge in [0.05, 0.1) is 5.69 Å². The lowest BCUT2D eigenvalue weighted by atomic mass is 10.4. The van der Waals surface area contributed by atoms with Crippen LogP contribution in [0.15, 0.2) is 34.2 Å². The summed E-state index contributed by atoms with van der Waals surface area (Å²) in [6, 6.07) is 5.91. The molecule has 0 spiro atoms. The molecule has 0 saturated heterocycles. The van der Waals surface area contributed by atoms with Crippen molar-refractivity contribution in [1.29, 1.82) is 0 Å². The number of thioether (sulfide) groups is 1. The fourth-order valence-corrected chi connectivity index (χ4v) is 2.25. The lowest BCUT2D eigenvalue weighted by molar-refractivity contribution is 1.01. The van der Waals surface area contributed by atoms with E-state index in [1.54, 1.807) is 34.8 Å². The zero-order valence-electron chi connectivity index (χ0n) is 6.75. The third-order valence-corrected chi connectivity index (χ3v) is 3.30. The van der Waals surface area contributed by atoms with Crippen LogP contribution in [0.3, 0.4) is 0 Å². The number of hydrogen-bond acceptors (Lipinski definition) is 5. The van der Waals surface area contributed by atoms with Crippen molar-refractivity contribution in [2.45, 2.75) is 10.1 Å². The maximum atomic E-state index is 4.21. The van der Waals surface area contributed by atoms with E-state index >= 15 is 0 Å². The molecule has 2 heterocycles. The average Bonchev–Trinajstić information content (AvgIpc) is 2.69. The topological polar surface area (TPSA) is 38.7 Å². The molecule has 0 saturated carbocycles. The first-order valence-corrected chi connectivity index (χ1v) is 5.60. The monoisotopic (exact) mass is 209 g/mol. The molecule has 0 aliphatic heterocycles. The predicted octanol–water partition coefficient (Wildman–Crippen LogP) is 2.23. The van der Waals surface area contributed by atoms with Crippen LogP contribution in [0.2, 0.25) is 0 Å². The molecule has 0 atom stereocenters. The van der Waals surface area contributed by atoms with Gasteiger partial charge in [0.2, 0.25) is 0 Å². The van der Waals surface area contributed by atoms with Gasteiger partial charge < -0.3 is 0 Å². The highest BCUT2D eigenvalue weighted by Gasteiger charge is 1.98. The minimum Gasteiger partial charge on any atom is -0.260 e. The van der Waals surface area contributed by atoms with Crippen molar-refractivity contribution < 1.29 is 0 Å². The van der Waals surface area contributed by atoms with Crippen LogP contribution in [0.25, 0.3) is 0 Å². The maximum Gasteiger partial charge on any atom is 0.174 e. The van der Waals surface area contributed by atoms with Crippen LogP contribution in [0.1, 0.15) is 5.69 Å². The number of nitrogens with zero attached hydrogens (tertiary/aromatic N) is 3. The number of hydrogen-bond donors (Lipinski definition) is 0. The molecule has 66 valence electrons. The van der Waals surface area contributed by atoms with Crippen LogP contribution in [-0.2, 0) is 5.75 Å². The first kappa shape index (κ1) is 8.65. The fraction of sp³-hybridized carbons (Fsp3) is 0.125. The standard InChI is InChI=1S/C8H7N3S2/c1-2-4-9-7(3-1)5-12-8-11-10-6-13-8/h1-4,6H,5H2. The van der Waals surface area contributed by atoms with Crippen LogP contribution in [0.4, 0.5) is 0 Å². The Bertz CT molecular complexity index is 347. The summed E-state index contributed by atoms with van der Waals surface area (Å²) in [6.45, 7) is 0. The van der Waals surface area contributed by atoms with Gasteiger partial charge in [-0.25, -0.2) is 0 Å². The van der Waals surface area contributed by atoms with E-state index in [2.05, 4.69) is 15.2 Å². The molecule has 0 aromatic carbocycles. The Morgan fingerprint density at radius 3 is 3.08 bits per heavy atom. The summed E-state index contributed by atoms with van der Waals surface area (Å²) < 4.78 is 0.991. The van der Waals surface area contributed by atoms with Crippen LogP contribution < -0.4 is 0 Å². The van der Waals surface area contributed by atoms with Crippen molar-refractivity contribution in [3.63, 3.8) is 0 Å².